The van der Waals surface area contributed by atoms with Crippen molar-refractivity contribution in [2.75, 3.05) is 39.4 Å². The second-order valence-corrected chi connectivity index (χ2v) is 8.38. The van der Waals surface area contributed by atoms with Crippen molar-refractivity contribution in [1.82, 2.24) is 14.8 Å². The van der Waals surface area contributed by atoms with Gasteiger partial charge in [0, 0.05) is 32.4 Å². The van der Waals surface area contributed by atoms with Crippen LogP contribution < -0.4 is 10.9 Å². The molecule has 1 amide bonds. The number of nitrogens with zero attached hydrogens (tertiary/aromatic N) is 2. The van der Waals surface area contributed by atoms with Gasteiger partial charge in [-0.1, -0.05) is 37.1 Å². The quantitative estimate of drug-likeness (QED) is 0.626. The van der Waals surface area contributed by atoms with E-state index in [0.29, 0.717) is 13.1 Å². The molecule has 6 nitrogen and oxygen atoms in total. The Bertz CT molecular complexity index is 946. The van der Waals surface area contributed by atoms with E-state index >= 15 is 0 Å². The molecule has 1 aromatic carbocycles. The van der Waals surface area contributed by atoms with Crippen LogP contribution in [-0.2, 0) is 11.3 Å². The van der Waals surface area contributed by atoms with Gasteiger partial charge in [0.1, 0.15) is 5.56 Å². The minimum absolute atomic E-state index is 0.215. The summed E-state index contributed by atoms with van der Waals surface area (Å²) in [5.74, 6) is -0.288. The number of pyridine rings is 1. The van der Waals surface area contributed by atoms with E-state index < -0.39 is 0 Å². The summed E-state index contributed by atoms with van der Waals surface area (Å²) in [7, 11) is 0. The topological polar surface area (TPSA) is 63.6 Å². The van der Waals surface area contributed by atoms with Crippen LogP contribution in [0.3, 0.4) is 0 Å². The molecule has 0 bridgehead atoms. The van der Waals surface area contributed by atoms with Gasteiger partial charge in [-0.15, -0.1) is 0 Å². The Hall–Kier alpha value is -2.44. The Balaban J connectivity index is 1.78. The summed E-state index contributed by atoms with van der Waals surface area (Å²) >= 11 is 0. The molecular formula is C25H35N3O3. The summed E-state index contributed by atoms with van der Waals surface area (Å²) in [5.41, 5.74) is 4.26. The molecule has 1 aliphatic rings. The number of rotatable bonds is 9. The summed E-state index contributed by atoms with van der Waals surface area (Å²) in [6, 6.07) is 8.03. The van der Waals surface area contributed by atoms with Gasteiger partial charge in [0.25, 0.3) is 11.5 Å². The summed E-state index contributed by atoms with van der Waals surface area (Å²) in [4.78, 5) is 28.3. The van der Waals surface area contributed by atoms with Gasteiger partial charge in [0.2, 0.25) is 0 Å². The number of carbonyl (C=O) groups is 1. The normalized spacial score (nSPS) is 14.5. The minimum Gasteiger partial charge on any atom is -0.379 e. The van der Waals surface area contributed by atoms with Crippen LogP contribution >= 0.6 is 0 Å². The molecule has 1 N–H and O–H groups in total. The number of aryl methyl sites for hydroxylation is 3. The van der Waals surface area contributed by atoms with Crippen LogP contribution in [0.5, 0.6) is 0 Å². The van der Waals surface area contributed by atoms with Crippen molar-refractivity contribution in [3.63, 3.8) is 0 Å². The first-order valence-corrected chi connectivity index (χ1v) is 11.4. The second kappa shape index (κ2) is 11.3. The maximum Gasteiger partial charge on any atom is 0.263 e. The van der Waals surface area contributed by atoms with E-state index in [1.54, 1.807) is 10.6 Å². The molecule has 2 aromatic rings. The highest BCUT2D eigenvalue weighted by atomic mass is 16.5. The molecule has 0 radical (unpaired) electrons. The highest BCUT2D eigenvalue weighted by molar-refractivity contribution is 5.95. The lowest BCUT2D eigenvalue weighted by atomic mass is 9.98. The number of ether oxygens (including phenoxy) is 1. The number of benzene rings is 1. The average Bonchev–Trinajstić information content (AvgIpc) is 2.78. The molecule has 6 heteroatoms. The van der Waals surface area contributed by atoms with E-state index in [0.717, 1.165) is 74.4 Å². The predicted molar refractivity (Wildman–Crippen MR) is 125 cm³/mol. The van der Waals surface area contributed by atoms with Crippen LogP contribution in [0.25, 0.3) is 11.1 Å². The van der Waals surface area contributed by atoms with Gasteiger partial charge in [-0.2, -0.15) is 0 Å². The number of hydrogen-bond acceptors (Lipinski definition) is 4. The number of amides is 1. The molecule has 0 unspecified atom stereocenters. The number of morpholine rings is 1. The maximum absolute atomic E-state index is 13.0. The van der Waals surface area contributed by atoms with Crippen LogP contribution in [0, 0.1) is 13.8 Å². The molecule has 0 saturated carbocycles. The number of carbonyl (C=O) groups excluding carboxylic acids is 1. The molecule has 1 aromatic heterocycles. The molecule has 1 aliphatic heterocycles. The molecular weight excluding hydrogens is 390 g/mol. The molecule has 0 atom stereocenters. The minimum atomic E-state index is -0.288. The Kier molecular flexibility index (Phi) is 8.43. The van der Waals surface area contributed by atoms with Crippen LogP contribution in [0.2, 0.25) is 0 Å². The molecule has 1 saturated heterocycles. The fourth-order valence-electron chi connectivity index (χ4n) is 3.91. The van der Waals surface area contributed by atoms with Crippen molar-refractivity contribution >= 4 is 5.91 Å². The first-order valence-electron chi connectivity index (χ1n) is 11.4. The Morgan fingerprint density at radius 3 is 2.61 bits per heavy atom. The lowest BCUT2D eigenvalue weighted by Gasteiger charge is -2.26. The zero-order valence-electron chi connectivity index (χ0n) is 19.1. The highest BCUT2D eigenvalue weighted by Crippen LogP contribution is 2.24. The zero-order chi connectivity index (χ0) is 22.2. The maximum atomic E-state index is 13.0. The van der Waals surface area contributed by atoms with E-state index in [9.17, 15) is 9.59 Å². The van der Waals surface area contributed by atoms with Gasteiger partial charge in [-0.25, -0.2) is 0 Å². The number of aromatic nitrogens is 1. The van der Waals surface area contributed by atoms with Crippen molar-refractivity contribution in [2.45, 2.75) is 46.6 Å². The monoisotopic (exact) mass is 425 g/mol. The average molecular weight is 426 g/mol. The molecule has 2 heterocycles. The second-order valence-electron chi connectivity index (χ2n) is 8.38. The summed E-state index contributed by atoms with van der Waals surface area (Å²) < 4.78 is 7.07. The summed E-state index contributed by atoms with van der Waals surface area (Å²) in [6.07, 6.45) is 4.64. The Morgan fingerprint density at radius 2 is 1.87 bits per heavy atom. The van der Waals surface area contributed by atoms with Gasteiger partial charge in [-0.3, -0.25) is 14.5 Å². The third-order valence-corrected chi connectivity index (χ3v) is 5.83. The Morgan fingerprint density at radius 1 is 1.10 bits per heavy atom. The summed E-state index contributed by atoms with van der Waals surface area (Å²) in [5, 5.41) is 2.96. The van der Waals surface area contributed by atoms with Crippen LogP contribution in [0.15, 0.2) is 35.3 Å². The van der Waals surface area contributed by atoms with Crippen molar-refractivity contribution in [3.05, 3.63) is 57.5 Å². The van der Waals surface area contributed by atoms with Crippen LogP contribution in [-0.4, -0.2) is 54.8 Å². The third-order valence-electron chi connectivity index (χ3n) is 5.83. The molecule has 1 fully saturated rings. The van der Waals surface area contributed by atoms with Crippen molar-refractivity contribution < 1.29 is 9.53 Å². The van der Waals surface area contributed by atoms with Crippen LogP contribution in [0.4, 0.5) is 0 Å². The van der Waals surface area contributed by atoms with Gasteiger partial charge >= 0.3 is 0 Å². The van der Waals surface area contributed by atoms with Gasteiger partial charge in [0.05, 0.1) is 13.2 Å². The van der Waals surface area contributed by atoms with Crippen molar-refractivity contribution in [1.29, 1.82) is 0 Å². The molecule has 31 heavy (non-hydrogen) atoms. The lowest BCUT2D eigenvalue weighted by molar-refractivity contribution is 0.0374. The van der Waals surface area contributed by atoms with E-state index in [1.165, 1.54) is 0 Å². The number of hydrogen-bond donors (Lipinski definition) is 1. The van der Waals surface area contributed by atoms with E-state index in [1.807, 2.05) is 6.20 Å². The SMILES string of the molecule is CCCCn1cc(-c2cc(C)ccc2C)cc(C(=O)NCCCN2CCOCC2)c1=O. The molecule has 3 rings (SSSR count). The van der Waals surface area contributed by atoms with Crippen molar-refractivity contribution in [2.24, 2.45) is 0 Å². The molecule has 0 spiro atoms. The standard InChI is InChI=1S/C25H35N3O3/c1-4-5-11-28-18-21(22-16-19(2)7-8-20(22)3)17-23(25(28)30)24(29)26-9-6-10-27-12-14-31-15-13-27/h7-8,16-18H,4-6,9-15H2,1-3H3,(H,26,29). The predicted octanol–water partition coefficient (Wildman–Crippen LogP) is 3.38. The lowest BCUT2D eigenvalue weighted by Crippen LogP contribution is -2.38. The smallest absolute Gasteiger partial charge is 0.263 e. The third kappa shape index (κ3) is 6.28. The fraction of sp³-hybridized carbons (Fsp3) is 0.520. The van der Waals surface area contributed by atoms with E-state index in [2.05, 4.69) is 49.2 Å². The first-order chi connectivity index (χ1) is 15.0. The van der Waals surface area contributed by atoms with E-state index in [4.69, 9.17) is 4.74 Å². The Labute approximate surface area is 185 Å². The zero-order valence-corrected chi connectivity index (χ0v) is 19.1. The van der Waals surface area contributed by atoms with Crippen LogP contribution in [0.1, 0.15) is 47.7 Å². The number of nitrogens with one attached hydrogen (secondary N) is 1. The molecule has 168 valence electrons. The van der Waals surface area contributed by atoms with E-state index in [-0.39, 0.29) is 17.0 Å². The highest BCUT2D eigenvalue weighted by Gasteiger charge is 2.16. The number of unbranched alkanes of at least 4 members (excludes halogenated alkanes) is 1. The van der Waals surface area contributed by atoms with Gasteiger partial charge in [0.15, 0.2) is 0 Å². The molecule has 0 aliphatic carbocycles. The summed E-state index contributed by atoms with van der Waals surface area (Å²) in [6.45, 7) is 11.7. The fourth-order valence-corrected chi connectivity index (χ4v) is 3.91. The van der Waals surface area contributed by atoms with Crippen molar-refractivity contribution in [3.8, 4) is 11.1 Å². The largest absolute Gasteiger partial charge is 0.379 e. The first kappa shape index (κ1) is 23.2. The van der Waals surface area contributed by atoms with Gasteiger partial charge < -0.3 is 14.6 Å². The van der Waals surface area contributed by atoms with Gasteiger partial charge in [-0.05, 0) is 56.0 Å².